The van der Waals surface area contributed by atoms with Crippen molar-refractivity contribution in [2.24, 2.45) is 0 Å². The zero-order valence-electron chi connectivity index (χ0n) is 3.89. The second-order valence-electron chi connectivity index (χ2n) is 0.521. The molecular weight excluding hydrogens is 197 g/mol. The van der Waals surface area contributed by atoms with Gasteiger partial charge in [0, 0.05) is 0 Å². The lowest BCUT2D eigenvalue weighted by Gasteiger charge is -1.75. The van der Waals surface area contributed by atoms with Gasteiger partial charge in [-0.25, -0.2) is 0 Å². The van der Waals surface area contributed by atoms with Gasteiger partial charge in [0.15, 0.2) is 0 Å². The van der Waals surface area contributed by atoms with E-state index in [0.717, 1.165) is 0 Å². The summed E-state index contributed by atoms with van der Waals surface area (Å²) < 4.78 is 9.30. The molecule has 0 N–H and O–H groups in total. The van der Waals surface area contributed by atoms with E-state index < -0.39 is 0 Å². The van der Waals surface area contributed by atoms with Crippen LogP contribution in [0.4, 0.5) is 4.39 Å². The molecule has 0 aromatic carbocycles. The Kier molecular flexibility index (Phi) is 11.4. The van der Waals surface area contributed by atoms with Crippen molar-refractivity contribution in [3.63, 3.8) is 0 Å². The van der Waals surface area contributed by atoms with Crippen molar-refractivity contribution in [2.75, 3.05) is 7.18 Å². The average Bonchev–Trinajstić information content (AvgIpc) is 1.72. The Morgan fingerprint density at radius 2 is 1.00 bits per heavy atom. The highest BCUT2D eigenvalue weighted by Gasteiger charge is 1.88. The van der Waals surface area contributed by atoms with Crippen molar-refractivity contribution in [2.45, 2.75) is 0 Å². The summed E-state index contributed by atoms with van der Waals surface area (Å²) in [6.45, 7) is 0. The molecule has 0 spiro atoms. The topological polar surface area (TPSA) is 0 Å². The van der Waals surface area contributed by atoms with Gasteiger partial charge in [-0.1, -0.05) is 46.4 Å². The van der Waals surface area contributed by atoms with Crippen LogP contribution < -0.4 is 0 Å². The summed E-state index contributed by atoms with van der Waals surface area (Å²) in [4.78, 5) is 0. The molecule has 0 radical (unpaired) electrons. The third kappa shape index (κ3) is 9.95. The lowest BCUT2D eigenvalue weighted by molar-refractivity contribution is 0.636. The number of alkyl halides is 1. The van der Waals surface area contributed by atoms with Crippen molar-refractivity contribution >= 4 is 46.4 Å². The molecule has 0 rings (SSSR count). The highest BCUT2D eigenvalue weighted by atomic mass is 35.5. The molecular formula is C3H3Cl4F. The molecule has 0 heterocycles. The summed E-state index contributed by atoms with van der Waals surface area (Å²) >= 11 is 20.0. The van der Waals surface area contributed by atoms with E-state index in [4.69, 9.17) is 46.4 Å². The molecule has 0 amide bonds. The van der Waals surface area contributed by atoms with Gasteiger partial charge in [0.1, 0.15) is 8.98 Å². The van der Waals surface area contributed by atoms with E-state index in [1.165, 1.54) is 0 Å². The molecule has 0 bridgehead atoms. The second-order valence-corrected chi connectivity index (χ2v) is 2.42. The summed E-state index contributed by atoms with van der Waals surface area (Å²) in [5, 5.41) is 0. The molecule has 8 heavy (non-hydrogen) atoms. The van der Waals surface area contributed by atoms with Gasteiger partial charge in [0.25, 0.3) is 0 Å². The smallest absolute Gasteiger partial charge is 0.136 e. The van der Waals surface area contributed by atoms with E-state index >= 15 is 0 Å². The number of hydrogen-bond acceptors (Lipinski definition) is 0. The molecule has 0 aliphatic rings. The predicted molar refractivity (Wildman–Crippen MR) is 37.5 cm³/mol. The summed E-state index contributed by atoms with van der Waals surface area (Å²) in [5.74, 6) is 0. The number of rotatable bonds is 0. The third-order valence-corrected chi connectivity index (χ3v) is 1.29. The van der Waals surface area contributed by atoms with Crippen LogP contribution in [0.25, 0.3) is 0 Å². The van der Waals surface area contributed by atoms with Gasteiger partial charge in [-0.15, -0.1) is 0 Å². The Morgan fingerprint density at radius 3 is 1.00 bits per heavy atom. The Bertz CT molecular complexity index is 61.4. The van der Waals surface area contributed by atoms with Crippen molar-refractivity contribution in [1.82, 2.24) is 0 Å². The molecule has 0 aliphatic heterocycles. The third-order valence-electron chi connectivity index (χ3n) is 0.143. The lowest BCUT2D eigenvalue weighted by Crippen LogP contribution is -1.47. The van der Waals surface area contributed by atoms with Crippen LogP contribution in [0.1, 0.15) is 0 Å². The molecule has 0 nitrogen and oxygen atoms in total. The SMILES string of the molecule is CF.ClC(Cl)=C(Cl)Cl. The quantitative estimate of drug-likeness (QED) is 0.559. The maximum Gasteiger partial charge on any atom is 0.136 e. The molecule has 0 atom stereocenters. The van der Waals surface area contributed by atoms with Gasteiger partial charge in [-0.05, 0) is 0 Å². The van der Waals surface area contributed by atoms with E-state index in [-0.39, 0.29) is 8.98 Å². The van der Waals surface area contributed by atoms with Gasteiger partial charge < -0.3 is 0 Å². The normalized spacial score (nSPS) is 6.75. The van der Waals surface area contributed by atoms with Crippen molar-refractivity contribution < 1.29 is 4.39 Å². The largest absolute Gasteiger partial charge is 0.255 e. The fourth-order valence-corrected chi connectivity index (χ4v) is 0. The first-order chi connectivity index (χ1) is 3.64. The zero-order chi connectivity index (χ0) is 7.15. The molecule has 0 saturated heterocycles. The summed E-state index contributed by atoms with van der Waals surface area (Å²) in [5.41, 5.74) is 0. The van der Waals surface area contributed by atoms with Crippen LogP contribution in [-0.2, 0) is 0 Å². The minimum Gasteiger partial charge on any atom is -0.255 e. The summed E-state index contributed by atoms with van der Waals surface area (Å²) in [7, 11) is 0.500. The van der Waals surface area contributed by atoms with E-state index in [9.17, 15) is 4.39 Å². The summed E-state index contributed by atoms with van der Waals surface area (Å²) in [6, 6.07) is 0. The van der Waals surface area contributed by atoms with E-state index in [0.29, 0.717) is 7.18 Å². The fourth-order valence-electron chi connectivity index (χ4n) is 0. The zero-order valence-corrected chi connectivity index (χ0v) is 6.91. The van der Waals surface area contributed by atoms with E-state index in [2.05, 4.69) is 0 Å². The molecule has 5 heteroatoms. The Labute approximate surface area is 67.2 Å². The maximum atomic E-state index is 9.50. The number of halogens is 5. The van der Waals surface area contributed by atoms with Crippen LogP contribution in [0.5, 0.6) is 0 Å². The fraction of sp³-hybridized carbons (Fsp3) is 0.333. The van der Waals surface area contributed by atoms with Gasteiger partial charge in [-0.3, -0.25) is 4.39 Å². The van der Waals surface area contributed by atoms with Crippen LogP contribution >= 0.6 is 46.4 Å². The minimum atomic E-state index is -0.0988. The van der Waals surface area contributed by atoms with Crippen molar-refractivity contribution in [3.8, 4) is 0 Å². The molecule has 0 aliphatic carbocycles. The Hall–Kier alpha value is 0.830. The van der Waals surface area contributed by atoms with Crippen LogP contribution in [0.3, 0.4) is 0 Å². The van der Waals surface area contributed by atoms with Gasteiger partial charge >= 0.3 is 0 Å². The first kappa shape index (κ1) is 11.6. The van der Waals surface area contributed by atoms with Crippen LogP contribution in [0.2, 0.25) is 0 Å². The van der Waals surface area contributed by atoms with E-state index in [1.54, 1.807) is 0 Å². The first-order valence-corrected chi connectivity index (χ1v) is 2.90. The van der Waals surface area contributed by atoms with Crippen molar-refractivity contribution in [1.29, 1.82) is 0 Å². The van der Waals surface area contributed by atoms with Gasteiger partial charge in [0.05, 0.1) is 7.18 Å². The Balaban J connectivity index is 0. The summed E-state index contributed by atoms with van der Waals surface area (Å²) in [6.07, 6.45) is 0. The number of hydrogen-bond donors (Lipinski definition) is 0. The molecule has 0 aromatic heterocycles. The lowest BCUT2D eigenvalue weighted by atomic mass is 11.2. The molecule has 0 unspecified atom stereocenters. The molecule has 0 saturated carbocycles. The second kappa shape index (κ2) is 7.83. The van der Waals surface area contributed by atoms with Crippen LogP contribution in [0, 0.1) is 0 Å². The standard InChI is InChI=1S/C2Cl4.CH3F/c3-1(4)2(5)6;1-2/h;1H3. The van der Waals surface area contributed by atoms with Gasteiger partial charge in [-0.2, -0.15) is 0 Å². The van der Waals surface area contributed by atoms with E-state index in [1.807, 2.05) is 0 Å². The van der Waals surface area contributed by atoms with Crippen LogP contribution in [0.15, 0.2) is 8.98 Å². The maximum absolute atomic E-state index is 9.50. The van der Waals surface area contributed by atoms with Crippen molar-refractivity contribution in [3.05, 3.63) is 8.98 Å². The molecule has 0 aromatic rings. The highest BCUT2D eigenvalue weighted by molar-refractivity contribution is 6.67. The highest BCUT2D eigenvalue weighted by Crippen LogP contribution is 2.20. The van der Waals surface area contributed by atoms with Crippen LogP contribution in [-0.4, -0.2) is 7.18 Å². The monoisotopic (exact) mass is 198 g/mol. The first-order valence-electron chi connectivity index (χ1n) is 1.38. The average molecular weight is 200 g/mol. The molecule has 50 valence electrons. The predicted octanol–water partition coefficient (Wildman–Crippen LogP) is 3.65. The minimum absolute atomic E-state index is 0.0988. The van der Waals surface area contributed by atoms with Gasteiger partial charge in [0.2, 0.25) is 0 Å². The Morgan fingerprint density at radius 1 is 0.875 bits per heavy atom. The molecule has 0 fully saturated rings.